The van der Waals surface area contributed by atoms with Gasteiger partial charge in [0.05, 0.1) is 24.8 Å². The molecule has 0 aliphatic carbocycles. The summed E-state index contributed by atoms with van der Waals surface area (Å²) in [7, 11) is 0. The number of benzene rings is 1. The van der Waals surface area contributed by atoms with Crippen molar-refractivity contribution in [1.29, 1.82) is 0 Å². The number of nitrogens with one attached hydrogen (secondary N) is 1. The molecule has 1 saturated heterocycles. The van der Waals surface area contributed by atoms with Gasteiger partial charge in [-0.15, -0.1) is 0 Å². The van der Waals surface area contributed by atoms with E-state index in [1.54, 1.807) is 26.0 Å². The number of hydroxylamine groups is 2. The van der Waals surface area contributed by atoms with Crippen LogP contribution in [0.5, 0.6) is 0 Å². The summed E-state index contributed by atoms with van der Waals surface area (Å²) in [6.07, 6.45) is 0. The van der Waals surface area contributed by atoms with E-state index in [1.807, 2.05) is 12.1 Å². The molecular weight excluding hydrogens is 282 g/mol. The molecule has 122 valence electrons. The summed E-state index contributed by atoms with van der Waals surface area (Å²) in [5.41, 5.74) is 1.24. The average Bonchev–Trinajstić information content (AvgIpc) is 2.55. The van der Waals surface area contributed by atoms with Gasteiger partial charge in [0.1, 0.15) is 0 Å². The molecule has 1 aliphatic rings. The second kappa shape index (κ2) is 8.12. The fourth-order valence-electron chi connectivity index (χ4n) is 2.36. The lowest BCUT2D eigenvalue weighted by atomic mass is 10.1. The van der Waals surface area contributed by atoms with Gasteiger partial charge in [-0.3, -0.25) is 14.9 Å². The van der Waals surface area contributed by atoms with Crippen LogP contribution in [-0.4, -0.2) is 66.5 Å². The Labute approximate surface area is 131 Å². The highest BCUT2D eigenvalue weighted by Gasteiger charge is 2.19. The molecule has 0 bridgehead atoms. The highest BCUT2D eigenvalue weighted by Crippen LogP contribution is 2.17. The van der Waals surface area contributed by atoms with Gasteiger partial charge in [-0.05, 0) is 26.0 Å². The van der Waals surface area contributed by atoms with Gasteiger partial charge in [0, 0.05) is 31.9 Å². The number of amides is 1. The number of nitrogens with zero attached hydrogens (tertiary/aromatic N) is 2. The maximum atomic E-state index is 12.3. The third-order valence-electron chi connectivity index (χ3n) is 3.70. The van der Waals surface area contributed by atoms with Crippen LogP contribution in [0.1, 0.15) is 24.2 Å². The van der Waals surface area contributed by atoms with Crippen molar-refractivity contribution in [2.75, 3.05) is 44.7 Å². The summed E-state index contributed by atoms with van der Waals surface area (Å²) in [6, 6.07) is 7.01. The van der Waals surface area contributed by atoms with E-state index in [0.29, 0.717) is 5.56 Å². The number of carbonyl (C=O) groups excluding carboxylic acids is 1. The zero-order chi connectivity index (χ0) is 15.9. The van der Waals surface area contributed by atoms with Crippen LogP contribution in [0.3, 0.4) is 0 Å². The molecule has 1 amide bonds. The van der Waals surface area contributed by atoms with Crippen molar-refractivity contribution in [3.8, 4) is 0 Å². The van der Waals surface area contributed by atoms with E-state index in [4.69, 9.17) is 4.74 Å². The first-order valence-corrected chi connectivity index (χ1v) is 7.75. The lowest BCUT2D eigenvalue weighted by molar-refractivity contribution is -0.0793. The second-order valence-electron chi connectivity index (χ2n) is 5.67. The number of hydrogen-bond acceptors (Lipinski definition) is 5. The first-order valence-electron chi connectivity index (χ1n) is 7.75. The highest BCUT2D eigenvalue weighted by atomic mass is 16.5. The number of morpholine rings is 1. The topological polar surface area (TPSA) is 65.0 Å². The van der Waals surface area contributed by atoms with Crippen molar-refractivity contribution in [3.63, 3.8) is 0 Å². The number of ether oxygens (including phenoxy) is 1. The Morgan fingerprint density at radius 3 is 2.73 bits per heavy atom. The molecule has 1 heterocycles. The van der Waals surface area contributed by atoms with E-state index in [-0.39, 0.29) is 11.9 Å². The van der Waals surface area contributed by atoms with Crippen molar-refractivity contribution in [3.05, 3.63) is 29.8 Å². The summed E-state index contributed by atoms with van der Waals surface area (Å²) in [5.74, 6) is -0.385. The van der Waals surface area contributed by atoms with Crippen molar-refractivity contribution in [1.82, 2.24) is 9.96 Å². The summed E-state index contributed by atoms with van der Waals surface area (Å²) in [6.45, 7) is 8.64. The van der Waals surface area contributed by atoms with Gasteiger partial charge in [-0.1, -0.05) is 12.1 Å². The molecule has 1 aliphatic heterocycles. The zero-order valence-corrected chi connectivity index (χ0v) is 13.3. The van der Waals surface area contributed by atoms with Crippen LogP contribution in [0.15, 0.2) is 24.3 Å². The van der Waals surface area contributed by atoms with E-state index >= 15 is 0 Å². The summed E-state index contributed by atoms with van der Waals surface area (Å²) in [4.78, 5) is 14.6. The lowest BCUT2D eigenvalue weighted by Gasteiger charge is -2.27. The van der Waals surface area contributed by atoms with Crippen LogP contribution in [0, 0.1) is 0 Å². The number of para-hydroxylation sites is 1. The maximum Gasteiger partial charge on any atom is 0.279 e. The van der Waals surface area contributed by atoms with Crippen LogP contribution >= 0.6 is 0 Å². The Bertz CT molecular complexity index is 487. The highest BCUT2D eigenvalue weighted by molar-refractivity contribution is 5.99. The molecule has 0 spiro atoms. The van der Waals surface area contributed by atoms with Gasteiger partial charge < -0.3 is 10.1 Å². The Hall–Kier alpha value is -1.63. The van der Waals surface area contributed by atoms with Crippen LogP contribution in [0.25, 0.3) is 0 Å². The number of rotatable bonds is 6. The molecule has 1 fully saturated rings. The van der Waals surface area contributed by atoms with Gasteiger partial charge in [-0.25, -0.2) is 5.06 Å². The maximum absolute atomic E-state index is 12.3. The molecule has 2 N–H and O–H groups in total. The minimum atomic E-state index is -0.385. The third-order valence-corrected chi connectivity index (χ3v) is 3.70. The molecule has 0 radical (unpaired) electrons. The quantitative estimate of drug-likeness (QED) is 0.618. The molecule has 1 aromatic rings. The number of hydrogen-bond donors (Lipinski definition) is 2. The molecule has 1 aromatic carbocycles. The summed E-state index contributed by atoms with van der Waals surface area (Å²) >= 11 is 0. The molecule has 0 saturated carbocycles. The van der Waals surface area contributed by atoms with Gasteiger partial charge in [-0.2, -0.15) is 0 Å². The van der Waals surface area contributed by atoms with Gasteiger partial charge in [0.25, 0.3) is 5.91 Å². The first-order chi connectivity index (χ1) is 10.6. The number of anilines is 1. The fourth-order valence-corrected chi connectivity index (χ4v) is 2.36. The lowest BCUT2D eigenvalue weighted by Crippen LogP contribution is -2.39. The van der Waals surface area contributed by atoms with E-state index in [2.05, 4.69) is 10.2 Å². The summed E-state index contributed by atoms with van der Waals surface area (Å²) < 4.78 is 5.32. The smallest absolute Gasteiger partial charge is 0.279 e. The van der Waals surface area contributed by atoms with Gasteiger partial charge in [0.15, 0.2) is 0 Å². The van der Waals surface area contributed by atoms with Crippen LogP contribution in [0.2, 0.25) is 0 Å². The molecule has 22 heavy (non-hydrogen) atoms. The monoisotopic (exact) mass is 307 g/mol. The molecule has 0 atom stereocenters. The van der Waals surface area contributed by atoms with Crippen LogP contribution in [0.4, 0.5) is 5.69 Å². The fraction of sp³-hybridized carbons (Fsp3) is 0.562. The minimum absolute atomic E-state index is 0.256. The molecule has 0 aromatic heterocycles. The molecule has 2 rings (SSSR count). The molecular formula is C16H25N3O3. The predicted octanol–water partition coefficient (Wildman–Crippen LogP) is 1.67. The number of carbonyl (C=O) groups is 1. The Kier molecular flexibility index (Phi) is 6.18. The first kappa shape index (κ1) is 16.7. The minimum Gasteiger partial charge on any atom is -0.383 e. The SMILES string of the molecule is CC(C)N(O)C(=O)c1ccccc1NCCN1CCOCC1. The molecule has 0 unspecified atom stereocenters. The third kappa shape index (κ3) is 4.43. The molecule has 6 heteroatoms. The second-order valence-corrected chi connectivity index (χ2v) is 5.67. The van der Waals surface area contributed by atoms with Crippen molar-refractivity contribution < 1.29 is 14.7 Å². The predicted molar refractivity (Wildman–Crippen MR) is 85.3 cm³/mol. The van der Waals surface area contributed by atoms with Crippen LogP contribution < -0.4 is 5.32 Å². The summed E-state index contributed by atoms with van der Waals surface area (Å²) in [5, 5.41) is 13.9. The Morgan fingerprint density at radius 1 is 1.36 bits per heavy atom. The van der Waals surface area contributed by atoms with Gasteiger partial charge >= 0.3 is 0 Å². The van der Waals surface area contributed by atoms with Gasteiger partial charge in [0.2, 0.25) is 0 Å². The Balaban J connectivity index is 1.94. The zero-order valence-electron chi connectivity index (χ0n) is 13.3. The van der Waals surface area contributed by atoms with Crippen molar-refractivity contribution >= 4 is 11.6 Å². The van der Waals surface area contributed by atoms with E-state index < -0.39 is 0 Å². The van der Waals surface area contributed by atoms with E-state index in [1.165, 1.54) is 0 Å². The molecule has 6 nitrogen and oxygen atoms in total. The normalized spacial score (nSPS) is 15.8. The Morgan fingerprint density at radius 2 is 2.05 bits per heavy atom. The van der Waals surface area contributed by atoms with Crippen molar-refractivity contribution in [2.24, 2.45) is 0 Å². The largest absolute Gasteiger partial charge is 0.383 e. The van der Waals surface area contributed by atoms with E-state index in [0.717, 1.165) is 50.1 Å². The average molecular weight is 307 g/mol. The van der Waals surface area contributed by atoms with Crippen LogP contribution in [-0.2, 0) is 4.74 Å². The van der Waals surface area contributed by atoms with Crippen molar-refractivity contribution in [2.45, 2.75) is 19.9 Å². The standard InChI is InChI=1S/C16H25N3O3/c1-13(2)19(21)16(20)14-5-3-4-6-15(14)17-7-8-18-9-11-22-12-10-18/h3-6,13,17,21H,7-12H2,1-2H3. The van der Waals surface area contributed by atoms with E-state index in [9.17, 15) is 10.0 Å².